The van der Waals surface area contributed by atoms with E-state index in [9.17, 15) is 17.6 Å². The van der Waals surface area contributed by atoms with Crippen LogP contribution >= 0.6 is 0 Å². The van der Waals surface area contributed by atoms with Crippen molar-refractivity contribution in [2.45, 2.75) is 17.9 Å². The third-order valence-electron chi connectivity index (χ3n) is 5.64. The summed E-state index contributed by atoms with van der Waals surface area (Å²) >= 11 is 0. The lowest BCUT2D eigenvalue weighted by atomic mass is 10.1. The Bertz CT molecular complexity index is 1260. The fraction of sp³-hybridized carbons (Fsp3) is 0.240. The number of carbonyl (C=O) groups excluding carboxylic acids is 1. The third-order valence-corrected chi connectivity index (χ3v) is 7.03. The van der Waals surface area contributed by atoms with E-state index in [1.165, 1.54) is 48.5 Å². The molecule has 0 saturated carbocycles. The Kier molecular flexibility index (Phi) is 6.74. The minimum absolute atomic E-state index is 0.00170. The molecule has 1 atom stereocenters. The van der Waals surface area contributed by atoms with E-state index >= 15 is 0 Å². The van der Waals surface area contributed by atoms with Gasteiger partial charge >= 0.3 is 0 Å². The number of halogens is 1. The van der Waals surface area contributed by atoms with E-state index in [-0.39, 0.29) is 22.6 Å². The molecule has 7 nitrogen and oxygen atoms in total. The molecule has 4 rings (SSSR count). The van der Waals surface area contributed by atoms with Crippen molar-refractivity contribution in [1.82, 2.24) is 4.90 Å². The van der Waals surface area contributed by atoms with Crippen LogP contribution in [0.2, 0.25) is 0 Å². The van der Waals surface area contributed by atoms with Gasteiger partial charge in [0, 0.05) is 24.8 Å². The van der Waals surface area contributed by atoms with E-state index in [4.69, 9.17) is 4.74 Å². The van der Waals surface area contributed by atoms with Crippen LogP contribution in [0.4, 0.5) is 15.8 Å². The van der Waals surface area contributed by atoms with Gasteiger partial charge in [0.15, 0.2) is 0 Å². The molecule has 1 unspecified atom stereocenters. The van der Waals surface area contributed by atoms with E-state index in [1.807, 2.05) is 24.3 Å². The molecular weight excluding hydrogens is 457 g/mol. The highest BCUT2D eigenvalue weighted by Crippen LogP contribution is 2.33. The highest BCUT2D eigenvalue weighted by atomic mass is 32.2. The molecule has 178 valence electrons. The van der Waals surface area contributed by atoms with Crippen LogP contribution in [0, 0.1) is 5.82 Å². The number of hydrogen-bond acceptors (Lipinski definition) is 5. The van der Waals surface area contributed by atoms with Gasteiger partial charge in [-0.15, -0.1) is 0 Å². The molecule has 0 fully saturated rings. The molecule has 34 heavy (non-hydrogen) atoms. The van der Waals surface area contributed by atoms with E-state index in [0.29, 0.717) is 18.7 Å². The van der Waals surface area contributed by atoms with Gasteiger partial charge < -0.3 is 14.5 Å². The summed E-state index contributed by atoms with van der Waals surface area (Å²) in [6.45, 7) is 3.96. The zero-order chi connectivity index (χ0) is 24.3. The fourth-order valence-corrected chi connectivity index (χ4v) is 4.95. The average molecular weight is 484 g/mol. The standard InChI is InChI=1S/C25H26FN3O4S/c1-3-29-17-21(33-24-7-5-4-6-23(24)29)16-28(2)25(30)18-8-14-22(15-9-18)34(31,32)27-20-12-10-19(26)11-13-20/h4-15,21,27H,3,16-17H2,1-2H3. The molecule has 1 amide bonds. The molecule has 0 aliphatic carbocycles. The molecule has 3 aromatic carbocycles. The summed E-state index contributed by atoms with van der Waals surface area (Å²) in [4.78, 5) is 16.8. The molecule has 1 heterocycles. The predicted octanol–water partition coefficient (Wildman–Crippen LogP) is 3.99. The molecule has 0 aromatic heterocycles. The number of benzene rings is 3. The number of para-hydroxylation sites is 2. The number of nitrogens with zero attached hydrogens (tertiary/aromatic N) is 2. The molecule has 3 aromatic rings. The van der Waals surface area contributed by atoms with Crippen molar-refractivity contribution in [3.63, 3.8) is 0 Å². The number of amides is 1. The monoisotopic (exact) mass is 483 g/mol. The van der Waals surface area contributed by atoms with Crippen molar-refractivity contribution in [2.24, 2.45) is 0 Å². The molecule has 1 N–H and O–H groups in total. The Labute approximate surface area is 198 Å². The zero-order valence-electron chi connectivity index (χ0n) is 18.9. The summed E-state index contributed by atoms with van der Waals surface area (Å²) in [5.41, 5.74) is 1.66. The van der Waals surface area contributed by atoms with E-state index in [2.05, 4.69) is 16.5 Å². The van der Waals surface area contributed by atoms with Crippen LogP contribution in [0.1, 0.15) is 17.3 Å². The van der Waals surface area contributed by atoms with Crippen molar-refractivity contribution < 1.29 is 22.3 Å². The van der Waals surface area contributed by atoms with Crippen LogP contribution in [0.25, 0.3) is 0 Å². The maximum Gasteiger partial charge on any atom is 0.261 e. The number of likely N-dealkylation sites (N-methyl/N-ethyl adjacent to an activating group) is 2. The summed E-state index contributed by atoms with van der Waals surface area (Å²) in [6, 6.07) is 18.6. The number of carbonyl (C=O) groups is 1. The van der Waals surface area contributed by atoms with Crippen molar-refractivity contribution in [3.8, 4) is 5.75 Å². The van der Waals surface area contributed by atoms with Crippen LogP contribution in [-0.4, -0.2) is 52.0 Å². The summed E-state index contributed by atoms with van der Waals surface area (Å²) in [6.07, 6.45) is -0.191. The maximum absolute atomic E-state index is 13.1. The van der Waals surface area contributed by atoms with Crippen LogP contribution < -0.4 is 14.4 Å². The molecule has 0 bridgehead atoms. The Morgan fingerprint density at radius 3 is 2.44 bits per heavy atom. The lowest BCUT2D eigenvalue weighted by Crippen LogP contribution is -2.46. The first kappa shape index (κ1) is 23.6. The Balaban J connectivity index is 1.41. The predicted molar refractivity (Wildman–Crippen MR) is 129 cm³/mol. The molecule has 0 spiro atoms. The van der Waals surface area contributed by atoms with Crippen molar-refractivity contribution >= 4 is 27.3 Å². The molecule has 9 heteroatoms. The number of anilines is 2. The van der Waals surface area contributed by atoms with Gasteiger partial charge in [-0.2, -0.15) is 0 Å². The summed E-state index contributed by atoms with van der Waals surface area (Å²) < 4.78 is 46.8. The number of nitrogens with one attached hydrogen (secondary N) is 1. The first-order valence-electron chi connectivity index (χ1n) is 10.9. The quantitative estimate of drug-likeness (QED) is 0.550. The molecule has 0 saturated heterocycles. The van der Waals surface area contributed by atoms with E-state index in [0.717, 1.165) is 18.0 Å². The number of hydrogen-bond donors (Lipinski definition) is 1. The van der Waals surface area contributed by atoms with Gasteiger partial charge in [-0.25, -0.2) is 12.8 Å². The van der Waals surface area contributed by atoms with Gasteiger partial charge in [-0.05, 0) is 67.6 Å². The minimum Gasteiger partial charge on any atom is -0.485 e. The molecular formula is C25H26FN3O4S. The number of fused-ring (bicyclic) bond motifs is 1. The Hall–Kier alpha value is -3.59. The highest BCUT2D eigenvalue weighted by molar-refractivity contribution is 7.92. The Morgan fingerprint density at radius 2 is 1.76 bits per heavy atom. The summed E-state index contributed by atoms with van der Waals surface area (Å²) in [5, 5.41) is 0. The largest absolute Gasteiger partial charge is 0.485 e. The molecule has 1 aliphatic rings. The van der Waals surface area contributed by atoms with E-state index in [1.54, 1.807) is 11.9 Å². The van der Waals surface area contributed by atoms with Gasteiger partial charge in [-0.3, -0.25) is 9.52 Å². The van der Waals surface area contributed by atoms with Gasteiger partial charge in [-0.1, -0.05) is 12.1 Å². The van der Waals surface area contributed by atoms with Crippen molar-refractivity contribution in [1.29, 1.82) is 0 Å². The SMILES string of the molecule is CCN1CC(CN(C)C(=O)c2ccc(S(=O)(=O)Nc3ccc(F)cc3)cc2)Oc2ccccc21. The fourth-order valence-electron chi connectivity index (χ4n) is 3.89. The molecule has 1 aliphatic heterocycles. The second kappa shape index (κ2) is 9.72. The minimum atomic E-state index is -3.87. The van der Waals surface area contributed by atoms with Gasteiger partial charge in [0.2, 0.25) is 0 Å². The number of sulfonamides is 1. The van der Waals surface area contributed by atoms with Crippen LogP contribution in [0.3, 0.4) is 0 Å². The summed E-state index contributed by atoms with van der Waals surface area (Å²) in [5.74, 6) is 0.103. The first-order chi connectivity index (χ1) is 16.3. The smallest absolute Gasteiger partial charge is 0.261 e. The van der Waals surface area contributed by atoms with Crippen LogP contribution in [0.5, 0.6) is 5.75 Å². The first-order valence-corrected chi connectivity index (χ1v) is 12.4. The lowest BCUT2D eigenvalue weighted by molar-refractivity contribution is 0.0709. The maximum atomic E-state index is 13.1. The van der Waals surface area contributed by atoms with Crippen LogP contribution in [0.15, 0.2) is 77.7 Å². The third kappa shape index (κ3) is 5.14. The van der Waals surface area contributed by atoms with Gasteiger partial charge in [0.25, 0.3) is 15.9 Å². The second-order valence-electron chi connectivity index (χ2n) is 8.07. The normalized spacial score (nSPS) is 15.3. The molecule has 0 radical (unpaired) electrons. The highest BCUT2D eigenvalue weighted by Gasteiger charge is 2.27. The van der Waals surface area contributed by atoms with Gasteiger partial charge in [0.05, 0.1) is 23.7 Å². The average Bonchev–Trinajstić information content (AvgIpc) is 2.84. The zero-order valence-corrected chi connectivity index (χ0v) is 19.8. The topological polar surface area (TPSA) is 79.0 Å². The summed E-state index contributed by atoms with van der Waals surface area (Å²) in [7, 11) is -2.17. The van der Waals surface area contributed by atoms with Crippen LogP contribution in [-0.2, 0) is 10.0 Å². The number of ether oxygens (including phenoxy) is 1. The van der Waals surface area contributed by atoms with Crippen molar-refractivity contribution in [3.05, 3.63) is 84.2 Å². The second-order valence-corrected chi connectivity index (χ2v) is 9.75. The van der Waals surface area contributed by atoms with Gasteiger partial charge in [0.1, 0.15) is 17.7 Å². The number of rotatable bonds is 7. The van der Waals surface area contributed by atoms with Crippen molar-refractivity contribution in [2.75, 3.05) is 36.3 Å². The Morgan fingerprint density at radius 1 is 1.09 bits per heavy atom. The van der Waals surface area contributed by atoms with E-state index < -0.39 is 15.8 Å². The lowest BCUT2D eigenvalue weighted by Gasteiger charge is -2.37.